The Morgan fingerprint density at radius 2 is 1.95 bits per heavy atom. The van der Waals surface area contributed by atoms with Crippen LogP contribution in [-0.4, -0.2) is 32.1 Å². The van der Waals surface area contributed by atoms with Crippen molar-refractivity contribution in [1.82, 2.24) is 4.90 Å². The number of nitrogen functional groups attached to an aromatic ring is 1. The Hall–Kier alpha value is -1.85. The second-order valence-electron chi connectivity index (χ2n) is 4.73. The van der Waals surface area contributed by atoms with Crippen molar-refractivity contribution in [3.63, 3.8) is 0 Å². The predicted octanol–water partition coefficient (Wildman–Crippen LogP) is 2.85. The first-order chi connectivity index (χ1) is 9.54. The lowest BCUT2D eigenvalue weighted by Gasteiger charge is -2.11. The fourth-order valence-electron chi connectivity index (χ4n) is 2.11. The van der Waals surface area contributed by atoms with Gasteiger partial charge in [-0.2, -0.15) is 0 Å². The molecule has 0 aliphatic heterocycles. The molecule has 0 aliphatic carbocycles. The zero-order valence-corrected chi connectivity index (χ0v) is 12.7. The molecule has 0 spiro atoms. The van der Waals surface area contributed by atoms with E-state index in [1.54, 1.807) is 0 Å². The minimum atomic E-state index is -0.386. The van der Waals surface area contributed by atoms with Gasteiger partial charge in [0.1, 0.15) is 10.6 Å². The fraction of sp³-hybridized carbons (Fsp3) is 0.267. The lowest BCUT2D eigenvalue weighted by molar-refractivity contribution is 0.0603. The van der Waals surface area contributed by atoms with Gasteiger partial charge in [0, 0.05) is 17.0 Å². The number of thiophene rings is 1. The second kappa shape index (κ2) is 6.07. The summed E-state index contributed by atoms with van der Waals surface area (Å²) < 4.78 is 4.87. The van der Waals surface area contributed by atoms with Gasteiger partial charge in [-0.1, -0.05) is 30.3 Å². The number of ether oxygens (including phenoxy) is 1. The molecule has 20 heavy (non-hydrogen) atoms. The maximum atomic E-state index is 12.0. The van der Waals surface area contributed by atoms with Gasteiger partial charge >= 0.3 is 5.97 Å². The van der Waals surface area contributed by atoms with Gasteiger partial charge in [-0.15, -0.1) is 11.3 Å². The van der Waals surface area contributed by atoms with E-state index in [4.69, 9.17) is 10.5 Å². The van der Waals surface area contributed by atoms with Gasteiger partial charge in [-0.25, -0.2) is 4.79 Å². The maximum Gasteiger partial charge on any atom is 0.341 e. The van der Waals surface area contributed by atoms with Crippen molar-refractivity contribution in [2.75, 3.05) is 26.9 Å². The largest absolute Gasteiger partial charge is 0.465 e. The number of hydrogen-bond donors (Lipinski definition) is 1. The summed E-state index contributed by atoms with van der Waals surface area (Å²) in [6.45, 7) is 0.732. The molecule has 0 bridgehead atoms. The van der Waals surface area contributed by atoms with E-state index in [9.17, 15) is 4.79 Å². The summed E-state index contributed by atoms with van der Waals surface area (Å²) in [5, 5.41) is 0.507. The van der Waals surface area contributed by atoms with Crippen LogP contribution in [0.3, 0.4) is 0 Å². The molecule has 5 heteroatoms. The van der Waals surface area contributed by atoms with Gasteiger partial charge in [-0.3, -0.25) is 0 Å². The second-order valence-corrected chi connectivity index (χ2v) is 5.87. The number of carbonyl (C=O) groups excluding carboxylic acids is 1. The first kappa shape index (κ1) is 14.6. The number of nitrogens with zero attached hydrogens (tertiary/aromatic N) is 1. The molecule has 2 N–H and O–H groups in total. The van der Waals surface area contributed by atoms with Crippen LogP contribution in [0.4, 0.5) is 5.00 Å². The van der Waals surface area contributed by atoms with Crippen molar-refractivity contribution in [1.29, 1.82) is 0 Å². The van der Waals surface area contributed by atoms with Crippen LogP contribution >= 0.6 is 11.3 Å². The lowest BCUT2D eigenvalue weighted by atomic mass is 10.0. The van der Waals surface area contributed by atoms with E-state index in [0.29, 0.717) is 10.6 Å². The number of esters is 1. The van der Waals surface area contributed by atoms with Crippen molar-refractivity contribution in [3.8, 4) is 11.1 Å². The Morgan fingerprint density at radius 3 is 2.50 bits per heavy atom. The van der Waals surface area contributed by atoms with Gasteiger partial charge in [0.15, 0.2) is 0 Å². The van der Waals surface area contributed by atoms with E-state index in [1.807, 2.05) is 44.4 Å². The molecule has 0 atom stereocenters. The molecule has 0 amide bonds. The van der Waals surface area contributed by atoms with Gasteiger partial charge in [0.25, 0.3) is 0 Å². The number of benzene rings is 1. The van der Waals surface area contributed by atoms with Crippen LogP contribution in [0.25, 0.3) is 11.1 Å². The quantitative estimate of drug-likeness (QED) is 0.880. The van der Waals surface area contributed by atoms with Crippen molar-refractivity contribution in [3.05, 3.63) is 40.8 Å². The lowest BCUT2D eigenvalue weighted by Crippen LogP contribution is -2.11. The summed E-state index contributed by atoms with van der Waals surface area (Å²) in [5.74, 6) is -0.386. The minimum absolute atomic E-state index is 0.386. The van der Waals surface area contributed by atoms with Crippen LogP contribution < -0.4 is 5.73 Å². The van der Waals surface area contributed by atoms with E-state index in [0.717, 1.165) is 22.5 Å². The molecule has 106 valence electrons. The third-order valence-electron chi connectivity index (χ3n) is 2.92. The number of methoxy groups -OCH3 is 1. The Labute approximate surface area is 122 Å². The van der Waals surface area contributed by atoms with Gasteiger partial charge in [0.05, 0.1) is 7.11 Å². The SMILES string of the molecule is COC(=O)c1c(N)sc(CN(C)C)c1-c1ccccc1. The Morgan fingerprint density at radius 1 is 1.30 bits per heavy atom. The summed E-state index contributed by atoms with van der Waals surface area (Å²) in [7, 11) is 5.35. The van der Waals surface area contributed by atoms with Crippen LogP contribution in [0.1, 0.15) is 15.2 Å². The monoisotopic (exact) mass is 290 g/mol. The van der Waals surface area contributed by atoms with Crippen molar-refractivity contribution in [2.24, 2.45) is 0 Å². The van der Waals surface area contributed by atoms with Crippen molar-refractivity contribution >= 4 is 22.3 Å². The van der Waals surface area contributed by atoms with E-state index in [1.165, 1.54) is 18.4 Å². The normalized spacial score (nSPS) is 10.8. The van der Waals surface area contributed by atoms with E-state index in [-0.39, 0.29) is 5.97 Å². The van der Waals surface area contributed by atoms with E-state index in [2.05, 4.69) is 4.90 Å². The standard InChI is InChI=1S/C15H18N2O2S/c1-17(2)9-11-12(10-7-5-4-6-8-10)13(14(16)20-11)15(18)19-3/h4-8H,9,16H2,1-3H3. The summed E-state index contributed by atoms with van der Waals surface area (Å²) >= 11 is 1.44. The molecule has 2 aromatic rings. The van der Waals surface area contributed by atoms with E-state index >= 15 is 0 Å². The molecule has 0 unspecified atom stereocenters. The van der Waals surface area contributed by atoms with E-state index < -0.39 is 0 Å². The molecule has 0 fully saturated rings. The van der Waals surface area contributed by atoms with Gasteiger partial charge < -0.3 is 15.4 Å². The van der Waals surface area contributed by atoms with Crippen LogP contribution in [-0.2, 0) is 11.3 Å². The van der Waals surface area contributed by atoms with Crippen molar-refractivity contribution in [2.45, 2.75) is 6.54 Å². The highest BCUT2D eigenvalue weighted by atomic mass is 32.1. The molecule has 0 aliphatic rings. The molecule has 4 nitrogen and oxygen atoms in total. The third-order valence-corrected chi connectivity index (χ3v) is 3.92. The molecule has 1 aromatic heterocycles. The number of rotatable bonds is 4. The van der Waals surface area contributed by atoms with Crippen LogP contribution in [0.15, 0.2) is 30.3 Å². The molecular formula is C15H18N2O2S. The predicted molar refractivity (Wildman–Crippen MR) is 82.9 cm³/mol. The average Bonchev–Trinajstić information content (AvgIpc) is 2.74. The Bertz CT molecular complexity index is 606. The molecule has 0 radical (unpaired) electrons. The van der Waals surface area contributed by atoms with Crippen LogP contribution in [0.5, 0.6) is 0 Å². The topological polar surface area (TPSA) is 55.6 Å². The molecule has 2 rings (SSSR count). The molecule has 0 saturated carbocycles. The molecule has 1 heterocycles. The minimum Gasteiger partial charge on any atom is -0.465 e. The Balaban J connectivity index is 2.63. The zero-order valence-electron chi connectivity index (χ0n) is 11.8. The van der Waals surface area contributed by atoms with Crippen LogP contribution in [0, 0.1) is 0 Å². The van der Waals surface area contributed by atoms with Crippen molar-refractivity contribution < 1.29 is 9.53 Å². The zero-order chi connectivity index (χ0) is 14.7. The number of hydrogen-bond acceptors (Lipinski definition) is 5. The molecule has 0 saturated heterocycles. The number of nitrogens with two attached hydrogens (primary N) is 1. The number of carbonyl (C=O) groups is 1. The smallest absolute Gasteiger partial charge is 0.341 e. The third kappa shape index (κ3) is 2.84. The highest BCUT2D eigenvalue weighted by Crippen LogP contribution is 2.39. The summed E-state index contributed by atoms with van der Waals surface area (Å²) in [6, 6.07) is 9.80. The Kier molecular flexibility index (Phi) is 4.42. The number of anilines is 1. The molecule has 1 aromatic carbocycles. The first-order valence-corrected chi connectivity index (χ1v) is 7.05. The highest BCUT2D eigenvalue weighted by Gasteiger charge is 2.24. The summed E-state index contributed by atoms with van der Waals surface area (Å²) in [6.07, 6.45) is 0. The average molecular weight is 290 g/mol. The first-order valence-electron chi connectivity index (χ1n) is 6.24. The summed E-state index contributed by atoms with van der Waals surface area (Å²) in [4.78, 5) is 15.1. The van der Waals surface area contributed by atoms with Gasteiger partial charge in [-0.05, 0) is 19.7 Å². The molecular weight excluding hydrogens is 272 g/mol. The highest BCUT2D eigenvalue weighted by molar-refractivity contribution is 7.17. The fourth-order valence-corrected chi connectivity index (χ4v) is 3.31. The van der Waals surface area contributed by atoms with Crippen LogP contribution in [0.2, 0.25) is 0 Å². The maximum absolute atomic E-state index is 12.0. The van der Waals surface area contributed by atoms with Gasteiger partial charge in [0.2, 0.25) is 0 Å². The summed E-state index contributed by atoms with van der Waals surface area (Å²) in [5.41, 5.74) is 8.37.